The topological polar surface area (TPSA) is 0 Å². The van der Waals surface area contributed by atoms with E-state index in [2.05, 4.69) is 26.5 Å². The maximum Gasteiger partial charge on any atom is -0.0168 e. The highest BCUT2D eigenvalue weighted by molar-refractivity contribution is 5.11. The average Bonchev–Trinajstić information content (AvgIpc) is 2.34. The molecule has 0 bridgehead atoms. The van der Waals surface area contributed by atoms with E-state index in [1.165, 1.54) is 69.8 Å². The predicted molar refractivity (Wildman–Crippen MR) is 78.2 cm³/mol. The van der Waals surface area contributed by atoms with Crippen molar-refractivity contribution < 1.29 is 0 Å². The zero-order valence-corrected chi connectivity index (χ0v) is 11.9. The van der Waals surface area contributed by atoms with Gasteiger partial charge in [0.15, 0.2) is 0 Å². The van der Waals surface area contributed by atoms with Crippen molar-refractivity contribution in [3.8, 4) is 0 Å². The zero-order valence-electron chi connectivity index (χ0n) is 11.9. The number of rotatable bonds is 8. The van der Waals surface area contributed by atoms with Crippen LogP contribution < -0.4 is 0 Å². The summed E-state index contributed by atoms with van der Waals surface area (Å²) < 4.78 is 0. The van der Waals surface area contributed by atoms with E-state index in [1.807, 2.05) is 0 Å². The summed E-state index contributed by atoms with van der Waals surface area (Å²) in [6.07, 6.45) is 15.9. The van der Waals surface area contributed by atoms with Gasteiger partial charge in [0.1, 0.15) is 0 Å². The van der Waals surface area contributed by atoms with Crippen molar-refractivity contribution in [2.24, 2.45) is 5.92 Å². The fourth-order valence-corrected chi connectivity index (χ4v) is 2.67. The highest BCUT2D eigenvalue weighted by Gasteiger charge is 2.14. The summed E-state index contributed by atoms with van der Waals surface area (Å²) in [6.45, 7) is 8.84. The summed E-state index contributed by atoms with van der Waals surface area (Å²) in [5.41, 5.74) is 3.10. The van der Waals surface area contributed by atoms with Crippen LogP contribution in [0.4, 0.5) is 0 Å². The molecule has 1 atom stereocenters. The standard InChI is InChI=1S/C17H30/c1-4-5-6-7-8-9-10-16(3)17-13-11-15(2)12-14-17/h11,17H,3-10,12-14H2,1-2H3/t17-/m0/s1. The molecule has 0 aromatic heterocycles. The smallest absolute Gasteiger partial charge is 0.0168 e. The molecule has 1 rings (SSSR count). The van der Waals surface area contributed by atoms with Crippen LogP contribution in [0.15, 0.2) is 23.8 Å². The zero-order chi connectivity index (χ0) is 12.5. The summed E-state index contributed by atoms with van der Waals surface area (Å²) >= 11 is 0. The summed E-state index contributed by atoms with van der Waals surface area (Å²) in [7, 11) is 0. The van der Waals surface area contributed by atoms with Crippen LogP contribution in [0.2, 0.25) is 0 Å². The van der Waals surface area contributed by atoms with Gasteiger partial charge in [-0.1, -0.05) is 62.8 Å². The van der Waals surface area contributed by atoms with Gasteiger partial charge >= 0.3 is 0 Å². The lowest BCUT2D eigenvalue weighted by atomic mass is 9.83. The van der Waals surface area contributed by atoms with Gasteiger partial charge in [-0.15, -0.1) is 0 Å². The molecular weight excluding hydrogens is 204 g/mol. The summed E-state index contributed by atoms with van der Waals surface area (Å²) in [4.78, 5) is 0. The molecule has 0 radical (unpaired) electrons. The first-order valence-electron chi connectivity index (χ1n) is 7.57. The molecule has 0 aliphatic heterocycles. The van der Waals surface area contributed by atoms with E-state index in [4.69, 9.17) is 0 Å². The van der Waals surface area contributed by atoms with Gasteiger partial charge in [0.25, 0.3) is 0 Å². The molecule has 0 saturated carbocycles. The minimum atomic E-state index is 0.786. The molecule has 0 aromatic rings. The van der Waals surface area contributed by atoms with E-state index in [9.17, 15) is 0 Å². The Bertz CT molecular complexity index is 247. The van der Waals surface area contributed by atoms with Gasteiger partial charge in [0.05, 0.1) is 0 Å². The van der Waals surface area contributed by atoms with E-state index < -0.39 is 0 Å². The largest absolute Gasteiger partial charge is 0.0996 e. The monoisotopic (exact) mass is 234 g/mol. The van der Waals surface area contributed by atoms with Crippen LogP contribution in [0.3, 0.4) is 0 Å². The Morgan fingerprint density at radius 1 is 1.24 bits per heavy atom. The van der Waals surface area contributed by atoms with Crippen LogP contribution in [0, 0.1) is 5.92 Å². The Hall–Kier alpha value is -0.520. The lowest BCUT2D eigenvalue weighted by Crippen LogP contribution is -2.07. The third kappa shape index (κ3) is 6.10. The molecule has 0 aromatic carbocycles. The van der Waals surface area contributed by atoms with Gasteiger partial charge in [-0.05, 0) is 44.9 Å². The van der Waals surface area contributed by atoms with Crippen molar-refractivity contribution in [1.82, 2.24) is 0 Å². The Morgan fingerprint density at radius 2 is 1.94 bits per heavy atom. The van der Waals surface area contributed by atoms with Crippen molar-refractivity contribution in [3.05, 3.63) is 23.8 Å². The third-order valence-electron chi connectivity index (χ3n) is 4.07. The third-order valence-corrected chi connectivity index (χ3v) is 4.07. The lowest BCUT2D eigenvalue weighted by Gasteiger charge is -2.22. The van der Waals surface area contributed by atoms with Crippen LogP contribution in [0.1, 0.15) is 78.1 Å². The highest BCUT2D eigenvalue weighted by Crippen LogP contribution is 2.30. The van der Waals surface area contributed by atoms with Crippen LogP contribution in [-0.4, -0.2) is 0 Å². The minimum absolute atomic E-state index is 0.786. The van der Waals surface area contributed by atoms with E-state index in [-0.39, 0.29) is 0 Å². The van der Waals surface area contributed by atoms with Gasteiger partial charge in [0, 0.05) is 0 Å². The second kappa shape index (κ2) is 8.55. The van der Waals surface area contributed by atoms with Crippen LogP contribution in [0.5, 0.6) is 0 Å². The molecule has 0 nitrogen and oxygen atoms in total. The first-order chi connectivity index (χ1) is 8.24. The Balaban J connectivity index is 2.05. The molecule has 98 valence electrons. The molecule has 0 unspecified atom stereocenters. The SMILES string of the molecule is C=C(CCCCCCCC)[C@H]1CC=C(C)CC1. The normalized spacial score (nSPS) is 20.1. The predicted octanol–water partition coefficient (Wildman–Crippen LogP) is 6.04. The molecule has 0 N–H and O–H groups in total. The van der Waals surface area contributed by atoms with Crippen molar-refractivity contribution in [2.75, 3.05) is 0 Å². The second-order valence-electron chi connectivity index (χ2n) is 5.70. The minimum Gasteiger partial charge on any atom is -0.0996 e. The van der Waals surface area contributed by atoms with Gasteiger partial charge < -0.3 is 0 Å². The Morgan fingerprint density at radius 3 is 2.59 bits per heavy atom. The number of allylic oxidation sites excluding steroid dienone is 3. The average molecular weight is 234 g/mol. The molecule has 0 spiro atoms. The molecule has 0 saturated heterocycles. The number of unbranched alkanes of at least 4 members (excludes halogenated alkanes) is 5. The van der Waals surface area contributed by atoms with Gasteiger partial charge in [-0.2, -0.15) is 0 Å². The van der Waals surface area contributed by atoms with Crippen LogP contribution >= 0.6 is 0 Å². The summed E-state index contributed by atoms with van der Waals surface area (Å²) in [6, 6.07) is 0. The molecule has 1 aliphatic carbocycles. The maximum absolute atomic E-state index is 4.31. The lowest BCUT2D eigenvalue weighted by molar-refractivity contribution is 0.509. The van der Waals surface area contributed by atoms with Crippen LogP contribution in [0.25, 0.3) is 0 Å². The summed E-state index contributed by atoms with van der Waals surface area (Å²) in [5, 5.41) is 0. The van der Waals surface area contributed by atoms with E-state index >= 15 is 0 Å². The van der Waals surface area contributed by atoms with E-state index in [1.54, 1.807) is 5.57 Å². The Kier molecular flexibility index (Phi) is 7.32. The second-order valence-corrected chi connectivity index (χ2v) is 5.70. The quantitative estimate of drug-likeness (QED) is 0.355. The molecule has 0 heterocycles. The molecule has 0 amide bonds. The van der Waals surface area contributed by atoms with Gasteiger partial charge in [-0.25, -0.2) is 0 Å². The molecular formula is C17H30. The van der Waals surface area contributed by atoms with E-state index in [0.29, 0.717) is 0 Å². The fourth-order valence-electron chi connectivity index (χ4n) is 2.67. The van der Waals surface area contributed by atoms with Crippen molar-refractivity contribution in [3.63, 3.8) is 0 Å². The van der Waals surface area contributed by atoms with Crippen molar-refractivity contribution in [2.45, 2.75) is 78.1 Å². The maximum atomic E-state index is 4.31. The van der Waals surface area contributed by atoms with Gasteiger partial charge in [0.2, 0.25) is 0 Å². The summed E-state index contributed by atoms with van der Waals surface area (Å²) in [5.74, 6) is 0.786. The molecule has 0 fully saturated rings. The molecule has 17 heavy (non-hydrogen) atoms. The number of hydrogen-bond donors (Lipinski definition) is 0. The Labute approximate surface area is 108 Å². The van der Waals surface area contributed by atoms with Crippen LogP contribution in [-0.2, 0) is 0 Å². The molecule has 0 heteroatoms. The van der Waals surface area contributed by atoms with Gasteiger partial charge in [-0.3, -0.25) is 0 Å². The van der Waals surface area contributed by atoms with Crippen molar-refractivity contribution >= 4 is 0 Å². The highest BCUT2D eigenvalue weighted by atomic mass is 14.2. The van der Waals surface area contributed by atoms with E-state index in [0.717, 1.165) is 5.92 Å². The van der Waals surface area contributed by atoms with Crippen molar-refractivity contribution in [1.29, 1.82) is 0 Å². The molecule has 1 aliphatic rings. The number of hydrogen-bond acceptors (Lipinski definition) is 0. The first kappa shape index (κ1) is 14.5. The fraction of sp³-hybridized carbons (Fsp3) is 0.765. The first-order valence-corrected chi connectivity index (χ1v) is 7.57.